The zero-order valence-corrected chi connectivity index (χ0v) is 8.97. The average Bonchev–Trinajstić information content (AvgIpc) is 2.77. The summed E-state index contributed by atoms with van der Waals surface area (Å²) in [6.45, 7) is -0.0451. The molecule has 3 N–H and O–H groups in total. The van der Waals surface area contributed by atoms with Crippen molar-refractivity contribution >= 4 is 5.97 Å². The fourth-order valence-electron chi connectivity index (χ4n) is 1.19. The second-order valence-electron chi connectivity index (χ2n) is 3.21. The van der Waals surface area contributed by atoms with E-state index in [0.29, 0.717) is 12.1 Å². The quantitative estimate of drug-likeness (QED) is 0.570. The Labute approximate surface area is 92.8 Å². The number of hydrogen-bond acceptors (Lipinski definition) is 6. The SMILES string of the molecule is COC(=O)c1occc1CNC(CO)CO. The van der Waals surface area contributed by atoms with Gasteiger partial charge in [-0.3, -0.25) is 0 Å². The molecule has 1 aromatic rings. The molecule has 90 valence electrons. The van der Waals surface area contributed by atoms with Crippen LogP contribution in [0.2, 0.25) is 0 Å². The number of nitrogens with one attached hydrogen (secondary N) is 1. The van der Waals surface area contributed by atoms with Gasteiger partial charge in [-0.1, -0.05) is 0 Å². The summed E-state index contributed by atoms with van der Waals surface area (Å²) in [5.74, 6) is -0.420. The van der Waals surface area contributed by atoms with Gasteiger partial charge in [-0.25, -0.2) is 4.79 Å². The first kappa shape index (κ1) is 12.7. The highest BCUT2D eigenvalue weighted by Gasteiger charge is 2.16. The summed E-state index contributed by atoms with van der Waals surface area (Å²) < 4.78 is 9.51. The van der Waals surface area contributed by atoms with Crippen LogP contribution in [-0.4, -0.2) is 42.5 Å². The molecular formula is C10H15NO5. The number of carbonyl (C=O) groups excluding carboxylic acids is 1. The van der Waals surface area contributed by atoms with Crippen molar-refractivity contribution in [3.63, 3.8) is 0 Å². The third-order valence-corrected chi connectivity index (χ3v) is 2.14. The number of furan rings is 1. The van der Waals surface area contributed by atoms with Crippen LogP contribution in [0.15, 0.2) is 16.7 Å². The van der Waals surface area contributed by atoms with Crippen molar-refractivity contribution in [2.24, 2.45) is 0 Å². The first-order valence-corrected chi connectivity index (χ1v) is 4.82. The van der Waals surface area contributed by atoms with E-state index in [1.54, 1.807) is 6.07 Å². The number of rotatable bonds is 6. The Hall–Kier alpha value is -1.37. The Balaban J connectivity index is 2.60. The molecule has 0 saturated carbocycles. The summed E-state index contributed by atoms with van der Waals surface area (Å²) in [5.41, 5.74) is 0.624. The van der Waals surface area contributed by atoms with Crippen LogP contribution in [0.4, 0.5) is 0 Å². The number of carbonyl (C=O) groups is 1. The number of methoxy groups -OCH3 is 1. The second kappa shape index (κ2) is 6.26. The molecule has 1 heterocycles. The van der Waals surface area contributed by atoms with Crippen molar-refractivity contribution < 1.29 is 24.2 Å². The molecule has 0 aliphatic rings. The third kappa shape index (κ3) is 3.06. The van der Waals surface area contributed by atoms with Gasteiger partial charge < -0.3 is 24.7 Å². The van der Waals surface area contributed by atoms with Gasteiger partial charge in [-0.05, 0) is 6.07 Å². The van der Waals surface area contributed by atoms with Gasteiger partial charge in [-0.15, -0.1) is 0 Å². The number of ether oxygens (including phenoxy) is 1. The van der Waals surface area contributed by atoms with E-state index >= 15 is 0 Å². The average molecular weight is 229 g/mol. The molecule has 0 amide bonds. The normalized spacial score (nSPS) is 10.8. The maximum Gasteiger partial charge on any atom is 0.374 e. The van der Waals surface area contributed by atoms with E-state index < -0.39 is 12.0 Å². The number of hydrogen-bond donors (Lipinski definition) is 3. The first-order valence-electron chi connectivity index (χ1n) is 4.82. The summed E-state index contributed by atoms with van der Waals surface area (Å²) in [7, 11) is 1.27. The fourth-order valence-corrected chi connectivity index (χ4v) is 1.19. The van der Waals surface area contributed by atoms with Gasteiger partial charge in [0, 0.05) is 12.1 Å². The van der Waals surface area contributed by atoms with Crippen molar-refractivity contribution in [1.29, 1.82) is 0 Å². The zero-order valence-electron chi connectivity index (χ0n) is 8.97. The molecule has 0 spiro atoms. The molecular weight excluding hydrogens is 214 g/mol. The van der Waals surface area contributed by atoms with Crippen molar-refractivity contribution in [1.82, 2.24) is 5.32 Å². The summed E-state index contributed by atoms with van der Waals surface area (Å²) in [4.78, 5) is 11.2. The Morgan fingerprint density at radius 2 is 2.25 bits per heavy atom. The van der Waals surface area contributed by atoms with Gasteiger partial charge in [-0.2, -0.15) is 0 Å². The lowest BCUT2D eigenvalue weighted by atomic mass is 10.2. The summed E-state index contributed by atoms with van der Waals surface area (Å²) in [6.07, 6.45) is 1.39. The van der Waals surface area contributed by atoms with E-state index in [4.69, 9.17) is 14.6 Å². The van der Waals surface area contributed by atoms with E-state index in [0.717, 1.165) is 0 Å². The molecule has 0 saturated heterocycles. The number of aliphatic hydroxyl groups is 2. The topological polar surface area (TPSA) is 91.9 Å². The van der Waals surface area contributed by atoms with Gasteiger partial charge in [0.15, 0.2) is 0 Å². The highest BCUT2D eigenvalue weighted by atomic mass is 16.5. The Morgan fingerprint density at radius 3 is 2.81 bits per heavy atom. The summed E-state index contributed by atoms with van der Waals surface area (Å²) in [6, 6.07) is 1.21. The van der Waals surface area contributed by atoms with Crippen LogP contribution in [-0.2, 0) is 11.3 Å². The Morgan fingerprint density at radius 1 is 1.56 bits per heavy atom. The monoisotopic (exact) mass is 229 g/mol. The Kier molecular flexibility index (Phi) is 4.97. The summed E-state index contributed by atoms with van der Waals surface area (Å²) in [5, 5.41) is 20.6. The molecule has 0 aliphatic carbocycles. The van der Waals surface area contributed by atoms with Crippen LogP contribution in [0.3, 0.4) is 0 Å². The molecule has 0 radical (unpaired) electrons. The van der Waals surface area contributed by atoms with Gasteiger partial charge in [0.25, 0.3) is 0 Å². The molecule has 1 aromatic heterocycles. The zero-order chi connectivity index (χ0) is 12.0. The predicted octanol–water partition coefficient (Wildman–Crippen LogP) is -0.491. The minimum Gasteiger partial charge on any atom is -0.463 e. The van der Waals surface area contributed by atoms with Crippen LogP contribution in [0.5, 0.6) is 0 Å². The third-order valence-electron chi connectivity index (χ3n) is 2.14. The molecule has 0 aromatic carbocycles. The van der Waals surface area contributed by atoms with E-state index in [2.05, 4.69) is 10.1 Å². The maximum absolute atomic E-state index is 11.2. The van der Waals surface area contributed by atoms with Gasteiger partial charge in [0.05, 0.1) is 32.6 Å². The van der Waals surface area contributed by atoms with Crippen LogP contribution in [0, 0.1) is 0 Å². The largest absolute Gasteiger partial charge is 0.463 e. The molecule has 0 atom stereocenters. The molecule has 1 rings (SSSR count). The fraction of sp³-hybridized carbons (Fsp3) is 0.500. The molecule has 0 fully saturated rings. The molecule has 6 nitrogen and oxygen atoms in total. The highest BCUT2D eigenvalue weighted by Crippen LogP contribution is 2.11. The number of esters is 1. The van der Waals surface area contributed by atoms with Gasteiger partial charge in [0.1, 0.15) is 0 Å². The van der Waals surface area contributed by atoms with Gasteiger partial charge >= 0.3 is 5.97 Å². The van der Waals surface area contributed by atoms with E-state index in [9.17, 15) is 4.79 Å². The standard InChI is InChI=1S/C10H15NO5/c1-15-10(14)9-7(2-3-16-9)4-11-8(5-12)6-13/h2-3,8,11-13H,4-6H2,1H3. The van der Waals surface area contributed by atoms with E-state index in [1.807, 2.05) is 0 Å². The second-order valence-corrected chi connectivity index (χ2v) is 3.21. The highest BCUT2D eigenvalue weighted by molar-refractivity contribution is 5.87. The molecule has 6 heteroatoms. The Bertz CT molecular complexity index is 332. The van der Waals surface area contributed by atoms with Crippen LogP contribution in [0.25, 0.3) is 0 Å². The molecule has 0 unspecified atom stereocenters. The molecule has 0 aliphatic heterocycles. The van der Waals surface area contributed by atoms with Crippen LogP contribution >= 0.6 is 0 Å². The maximum atomic E-state index is 11.2. The van der Waals surface area contributed by atoms with E-state index in [1.165, 1.54) is 13.4 Å². The van der Waals surface area contributed by atoms with Gasteiger partial charge in [0.2, 0.25) is 5.76 Å². The van der Waals surface area contributed by atoms with Crippen molar-refractivity contribution in [3.8, 4) is 0 Å². The van der Waals surface area contributed by atoms with Crippen LogP contribution in [0.1, 0.15) is 16.1 Å². The van der Waals surface area contributed by atoms with E-state index in [-0.39, 0.29) is 19.0 Å². The molecule has 16 heavy (non-hydrogen) atoms. The van der Waals surface area contributed by atoms with Crippen LogP contribution < -0.4 is 5.32 Å². The number of aliphatic hydroxyl groups excluding tert-OH is 2. The predicted molar refractivity (Wildman–Crippen MR) is 54.8 cm³/mol. The van der Waals surface area contributed by atoms with Crippen molar-refractivity contribution in [2.75, 3.05) is 20.3 Å². The lowest BCUT2D eigenvalue weighted by Gasteiger charge is -2.12. The summed E-state index contributed by atoms with van der Waals surface area (Å²) >= 11 is 0. The van der Waals surface area contributed by atoms with Crippen molar-refractivity contribution in [2.45, 2.75) is 12.6 Å². The minimum absolute atomic E-state index is 0.129. The lowest BCUT2D eigenvalue weighted by molar-refractivity contribution is 0.0563. The van der Waals surface area contributed by atoms with Crippen molar-refractivity contribution in [3.05, 3.63) is 23.7 Å². The smallest absolute Gasteiger partial charge is 0.374 e. The minimum atomic E-state index is -0.550. The first-order chi connectivity index (χ1) is 7.72. The lowest BCUT2D eigenvalue weighted by Crippen LogP contribution is -2.35. The molecule has 0 bridgehead atoms.